The van der Waals surface area contributed by atoms with Crippen molar-refractivity contribution in [3.8, 4) is 0 Å². The highest BCUT2D eigenvalue weighted by molar-refractivity contribution is 5.84. The summed E-state index contributed by atoms with van der Waals surface area (Å²) in [6, 6.07) is 0. The van der Waals surface area contributed by atoms with Gasteiger partial charge >= 0.3 is 11.9 Å². The molecule has 5 nitrogen and oxygen atoms in total. The summed E-state index contributed by atoms with van der Waals surface area (Å²) in [4.78, 5) is 26.8. The monoisotopic (exact) mass is 480 g/mol. The minimum Gasteiger partial charge on any atom is -0.457 e. The molecule has 2 bridgehead atoms. The van der Waals surface area contributed by atoms with Gasteiger partial charge in [-0.25, -0.2) is 0 Å². The summed E-state index contributed by atoms with van der Waals surface area (Å²) in [7, 11) is 0. The van der Waals surface area contributed by atoms with Gasteiger partial charge in [-0.15, -0.1) is 0 Å². The third kappa shape index (κ3) is 2.45. The van der Waals surface area contributed by atoms with E-state index in [0.717, 1.165) is 43.3 Å². The van der Waals surface area contributed by atoms with Crippen LogP contribution in [-0.2, 0) is 19.1 Å². The maximum atomic E-state index is 14.0. The van der Waals surface area contributed by atoms with Crippen LogP contribution in [0, 0.1) is 45.8 Å². The molecule has 0 aromatic rings. The molecule has 1 N–H and O–H groups in total. The number of ether oxygens (including phenoxy) is 2. The van der Waals surface area contributed by atoms with E-state index in [1.54, 1.807) is 0 Å². The Hall–Kier alpha value is -1.62. The molecule has 0 unspecified atom stereocenters. The average Bonchev–Trinajstić information content (AvgIpc) is 3.42. The third-order valence-electron chi connectivity index (χ3n) is 12.5. The van der Waals surface area contributed by atoms with Crippen molar-refractivity contribution in [2.75, 3.05) is 0 Å². The summed E-state index contributed by atoms with van der Waals surface area (Å²) in [5.41, 5.74) is 1.81. The van der Waals surface area contributed by atoms with Gasteiger partial charge < -0.3 is 14.6 Å². The predicted octanol–water partition coefficient (Wildman–Crippen LogP) is 5.12. The summed E-state index contributed by atoms with van der Waals surface area (Å²) in [6.07, 6.45) is 9.44. The standard InChI is InChI=1S/C30H40O5/c1-15-7-6-8-18-11-21-20(14-27(15,18)3)30(26(32)34-21)13-17-12-28(30,4)23-22(17)29(5,33)10-9-19-16(2)25(31)35-24(19)23/h11,15-17,19-21,24,33H,6-10,12-14H2,1-5H3/t15-,16-,17-,19-,20-,21+,24-,27+,28-,29-,30+/m0/s1. The van der Waals surface area contributed by atoms with Crippen LogP contribution < -0.4 is 0 Å². The molecule has 11 atom stereocenters. The summed E-state index contributed by atoms with van der Waals surface area (Å²) in [6.45, 7) is 11.0. The maximum Gasteiger partial charge on any atom is 0.314 e. The largest absolute Gasteiger partial charge is 0.457 e. The van der Waals surface area contributed by atoms with Crippen molar-refractivity contribution in [1.29, 1.82) is 0 Å². The Bertz CT molecular complexity index is 1100. The van der Waals surface area contributed by atoms with E-state index in [4.69, 9.17) is 9.47 Å². The molecule has 2 heterocycles. The van der Waals surface area contributed by atoms with Gasteiger partial charge in [0.05, 0.1) is 16.9 Å². The summed E-state index contributed by atoms with van der Waals surface area (Å²) >= 11 is 0. The Morgan fingerprint density at radius 1 is 1.00 bits per heavy atom. The molecule has 2 aliphatic heterocycles. The predicted molar refractivity (Wildman–Crippen MR) is 130 cm³/mol. The Balaban J connectivity index is 1.39. The second kappa shape index (κ2) is 6.62. The first-order valence-corrected chi connectivity index (χ1v) is 14.0. The van der Waals surface area contributed by atoms with Crippen molar-refractivity contribution in [3.63, 3.8) is 0 Å². The van der Waals surface area contributed by atoms with Crippen LogP contribution in [0.3, 0.4) is 0 Å². The smallest absolute Gasteiger partial charge is 0.314 e. The number of rotatable bonds is 0. The van der Waals surface area contributed by atoms with E-state index in [9.17, 15) is 14.7 Å². The second-order valence-corrected chi connectivity index (χ2v) is 13.9. The van der Waals surface area contributed by atoms with Crippen LogP contribution >= 0.6 is 0 Å². The van der Waals surface area contributed by atoms with Gasteiger partial charge in [0.2, 0.25) is 0 Å². The second-order valence-electron chi connectivity index (χ2n) is 13.9. The zero-order valence-corrected chi connectivity index (χ0v) is 21.9. The molecule has 2 saturated carbocycles. The Morgan fingerprint density at radius 2 is 1.77 bits per heavy atom. The first-order chi connectivity index (χ1) is 16.4. The number of aliphatic hydroxyl groups is 1. The van der Waals surface area contributed by atoms with Crippen molar-refractivity contribution in [2.24, 2.45) is 45.8 Å². The molecule has 1 spiro atoms. The molecular weight excluding hydrogens is 440 g/mol. The van der Waals surface area contributed by atoms with Gasteiger partial charge in [0.1, 0.15) is 12.2 Å². The first-order valence-electron chi connectivity index (χ1n) is 14.0. The Labute approximate surface area is 208 Å². The molecule has 5 aliphatic carbocycles. The van der Waals surface area contributed by atoms with Crippen LogP contribution in [0.25, 0.3) is 0 Å². The highest BCUT2D eigenvalue weighted by Crippen LogP contribution is 2.76. The molecule has 2 saturated heterocycles. The van der Waals surface area contributed by atoms with Crippen molar-refractivity contribution in [2.45, 2.75) is 104 Å². The topological polar surface area (TPSA) is 72.8 Å². The number of hydrogen-bond acceptors (Lipinski definition) is 5. The van der Waals surface area contributed by atoms with Crippen LogP contribution in [0.5, 0.6) is 0 Å². The lowest BCUT2D eigenvalue weighted by Gasteiger charge is -2.53. The first kappa shape index (κ1) is 22.6. The Kier molecular flexibility index (Phi) is 4.27. The van der Waals surface area contributed by atoms with Crippen molar-refractivity contribution >= 4 is 11.9 Å². The fourth-order valence-corrected chi connectivity index (χ4v) is 10.5. The van der Waals surface area contributed by atoms with E-state index in [-0.39, 0.29) is 53.2 Å². The fourth-order valence-electron chi connectivity index (χ4n) is 10.5. The van der Waals surface area contributed by atoms with E-state index in [1.165, 1.54) is 18.4 Å². The van der Waals surface area contributed by atoms with Crippen LogP contribution in [0.1, 0.15) is 86.0 Å². The minimum atomic E-state index is -0.915. The van der Waals surface area contributed by atoms with E-state index in [1.807, 2.05) is 13.8 Å². The molecule has 0 amide bonds. The summed E-state index contributed by atoms with van der Waals surface area (Å²) in [5, 5.41) is 11.7. The number of esters is 2. The molecule has 35 heavy (non-hydrogen) atoms. The summed E-state index contributed by atoms with van der Waals surface area (Å²) in [5.74, 6) is 0.588. The van der Waals surface area contributed by atoms with Gasteiger partial charge in [-0.2, -0.15) is 0 Å². The van der Waals surface area contributed by atoms with Gasteiger partial charge in [-0.1, -0.05) is 33.3 Å². The zero-order valence-electron chi connectivity index (χ0n) is 21.9. The highest BCUT2D eigenvalue weighted by atomic mass is 16.6. The van der Waals surface area contributed by atoms with Crippen molar-refractivity contribution in [3.05, 3.63) is 22.8 Å². The lowest BCUT2D eigenvalue weighted by molar-refractivity contribution is -0.153. The van der Waals surface area contributed by atoms with Crippen LogP contribution in [-0.4, -0.2) is 34.9 Å². The van der Waals surface area contributed by atoms with E-state index in [0.29, 0.717) is 12.3 Å². The zero-order chi connectivity index (χ0) is 24.7. The molecule has 5 heteroatoms. The van der Waals surface area contributed by atoms with E-state index < -0.39 is 16.4 Å². The van der Waals surface area contributed by atoms with Gasteiger partial charge in [0, 0.05) is 17.3 Å². The molecule has 7 aliphatic rings. The lowest BCUT2D eigenvalue weighted by Crippen LogP contribution is -2.53. The molecule has 0 aromatic carbocycles. The van der Waals surface area contributed by atoms with Gasteiger partial charge in [-0.05, 0) is 92.8 Å². The van der Waals surface area contributed by atoms with Crippen LogP contribution in [0.15, 0.2) is 22.8 Å². The molecule has 4 fully saturated rings. The molecular formula is C30H40O5. The quantitative estimate of drug-likeness (QED) is 0.385. The van der Waals surface area contributed by atoms with E-state index in [2.05, 4.69) is 26.8 Å². The number of carbonyl (C=O) groups excluding carboxylic acids is 2. The number of allylic oxidation sites excluding steroid dienone is 1. The highest BCUT2D eigenvalue weighted by Gasteiger charge is 2.77. The minimum absolute atomic E-state index is 0.0476. The normalized spacial score (nSPS) is 56.2. The Morgan fingerprint density at radius 3 is 2.54 bits per heavy atom. The molecule has 0 radical (unpaired) electrons. The van der Waals surface area contributed by atoms with Crippen molar-refractivity contribution < 1.29 is 24.2 Å². The maximum absolute atomic E-state index is 14.0. The van der Waals surface area contributed by atoms with Gasteiger partial charge in [-0.3, -0.25) is 9.59 Å². The van der Waals surface area contributed by atoms with Crippen LogP contribution in [0.4, 0.5) is 0 Å². The van der Waals surface area contributed by atoms with Crippen LogP contribution in [0.2, 0.25) is 0 Å². The average molecular weight is 481 g/mol. The molecule has 0 aromatic heterocycles. The third-order valence-corrected chi connectivity index (χ3v) is 12.5. The SMILES string of the molecule is C[C@@H]1C(=O)O[C@@H]2C3=C([C@H]4C[C@]3(C)[C@@]3(C4)C(=O)O[C@@H]4C=C5CCC[C@H](C)[C@@]5(C)C[C@@H]43)[C@@](C)(O)CC[C@@H]12. The summed E-state index contributed by atoms with van der Waals surface area (Å²) < 4.78 is 12.4. The number of fused-ring (bicyclic) bond motifs is 10. The van der Waals surface area contributed by atoms with E-state index >= 15 is 0 Å². The number of hydrogen-bond donors (Lipinski definition) is 1. The molecule has 7 rings (SSSR count). The van der Waals surface area contributed by atoms with Gasteiger partial charge in [0.15, 0.2) is 0 Å². The lowest BCUT2D eigenvalue weighted by atomic mass is 9.48. The number of carbonyl (C=O) groups is 2. The van der Waals surface area contributed by atoms with Gasteiger partial charge in [0.25, 0.3) is 0 Å². The van der Waals surface area contributed by atoms with Crippen molar-refractivity contribution in [1.82, 2.24) is 0 Å². The molecule has 190 valence electrons. The fraction of sp³-hybridized carbons (Fsp3) is 0.800.